The van der Waals surface area contributed by atoms with Crippen molar-refractivity contribution in [2.45, 2.75) is 39.0 Å². The van der Waals surface area contributed by atoms with E-state index in [4.69, 9.17) is 0 Å². The van der Waals surface area contributed by atoms with Crippen LogP contribution in [-0.2, 0) is 9.59 Å². The Morgan fingerprint density at radius 1 is 1.07 bits per heavy atom. The van der Waals surface area contributed by atoms with Crippen LogP contribution >= 0.6 is 15.9 Å². The van der Waals surface area contributed by atoms with Crippen LogP contribution < -0.4 is 4.90 Å². The number of Topliss-reactive ketones (excluding diaryl/α,β-unsaturated/α-hetero) is 1. The number of benzene rings is 2. The number of amides is 1. The van der Waals surface area contributed by atoms with Crippen LogP contribution in [0.4, 0.5) is 10.1 Å². The summed E-state index contributed by atoms with van der Waals surface area (Å²) in [6.07, 6.45) is 1.24. The van der Waals surface area contributed by atoms with Gasteiger partial charge >= 0.3 is 0 Å². The summed E-state index contributed by atoms with van der Waals surface area (Å²) in [5.41, 5.74) is 2.59. The third-order valence-electron chi connectivity index (χ3n) is 5.46. The van der Waals surface area contributed by atoms with Crippen molar-refractivity contribution in [2.24, 2.45) is 5.41 Å². The molecular weight excluding hydrogens is 421 g/mol. The molecule has 1 aliphatic heterocycles. The van der Waals surface area contributed by atoms with Crippen molar-refractivity contribution in [3.8, 4) is 0 Å². The summed E-state index contributed by atoms with van der Waals surface area (Å²) in [6.45, 7) is 4.07. The number of carbonyl (C=O) groups excluding carboxylic acids is 2. The zero-order valence-electron chi connectivity index (χ0n) is 15.8. The van der Waals surface area contributed by atoms with Gasteiger partial charge < -0.3 is 0 Å². The first kappa shape index (κ1) is 19.1. The fourth-order valence-electron chi connectivity index (χ4n) is 4.34. The Balaban J connectivity index is 1.91. The van der Waals surface area contributed by atoms with Gasteiger partial charge in [-0.05, 0) is 47.7 Å². The second kappa shape index (κ2) is 6.96. The van der Waals surface area contributed by atoms with E-state index in [0.717, 1.165) is 10.0 Å². The van der Waals surface area contributed by atoms with Crippen LogP contribution in [0.2, 0.25) is 0 Å². The van der Waals surface area contributed by atoms with Crippen molar-refractivity contribution in [2.75, 3.05) is 4.90 Å². The van der Waals surface area contributed by atoms with Crippen molar-refractivity contribution < 1.29 is 14.0 Å². The monoisotopic (exact) mass is 441 g/mol. The Labute approximate surface area is 172 Å². The molecule has 0 fully saturated rings. The number of allylic oxidation sites excluding steroid dienone is 2. The zero-order chi connectivity index (χ0) is 20.1. The van der Waals surface area contributed by atoms with Crippen LogP contribution in [0, 0.1) is 11.2 Å². The molecule has 0 N–H and O–H groups in total. The van der Waals surface area contributed by atoms with Crippen LogP contribution in [0.3, 0.4) is 0 Å². The molecule has 0 bridgehead atoms. The lowest BCUT2D eigenvalue weighted by molar-refractivity contribution is -0.121. The lowest BCUT2D eigenvalue weighted by Gasteiger charge is -2.43. The molecule has 1 atom stereocenters. The number of halogens is 2. The van der Waals surface area contributed by atoms with Gasteiger partial charge in [-0.3, -0.25) is 14.5 Å². The number of anilines is 1. The smallest absolute Gasteiger partial charge is 0.232 e. The van der Waals surface area contributed by atoms with Gasteiger partial charge in [-0.25, -0.2) is 4.39 Å². The SMILES string of the molecule is CC1(C)CC(=O)C2=C(C1)N(c1cccc(F)c1)C(=O)CC2c1cccc(Br)c1. The summed E-state index contributed by atoms with van der Waals surface area (Å²) < 4.78 is 14.8. The number of nitrogens with zero attached hydrogens (tertiary/aromatic N) is 1. The highest BCUT2D eigenvalue weighted by molar-refractivity contribution is 9.10. The molecule has 1 heterocycles. The van der Waals surface area contributed by atoms with E-state index < -0.39 is 5.82 Å². The minimum absolute atomic E-state index is 0.0742. The summed E-state index contributed by atoms with van der Waals surface area (Å²) in [5.74, 6) is -0.707. The Morgan fingerprint density at radius 3 is 2.54 bits per heavy atom. The molecule has 2 aromatic carbocycles. The number of rotatable bonds is 2. The van der Waals surface area contributed by atoms with E-state index in [2.05, 4.69) is 15.9 Å². The summed E-state index contributed by atoms with van der Waals surface area (Å²) in [4.78, 5) is 27.9. The van der Waals surface area contributed by atoms with Crippen LogP contribution in [0.25, 0.3) is 0 Å². The van der Waals surface area contributed by atoms with Crippen LogP contribution in [0.5, 0.6) is 0 Å². The highest BCUT2D eigenvalue weighted by Gasteiger charge is 2.44. The Bertz CT molecular complexity index is 1010. The van der Waals surface area contributed by atoms with E-state index in [1.807, 2.05) is 38.1 Å². The molecule has 2 aliphatic rings. The molecule has 0 radical (unpaired) electrons. The maximum atomic E-state index is 13.9. The minimum Gasteiger partial charge on any atom is -0.294 e. The Hall–Kier alpha value is -2.27. The summed E-state index contributed by atoms with van der Waals surface area (Å²) >= 11 is 3.48. The first-order chi connectivity index (χ1) is 13.2. The van der Waals surface area contributed by atoms with E-state index in [1.165, 1.54) is 12.1 Å². The van der Waals surface area contributed by atoms with Crippen LogP contribution in [-0.4, -0.2) is 11.7 Å². The van der Waals surface area contributed by atoms with Gasteiger partial charge in [0.15, 0.2) is 5.78 Å². The molecule has 4 rings (SSSR count). The fraction of sp³-hybridized carbons (Fsp3) is 0.304. The van der Waals surface area contributed by atoms with Gasteiger partial charge in [-0.15, -0.1) is 0 Å². The lowest BCUT2D eigenvalue weighted by Crippen LogP contribution is -2.43. The first-order valence-corrected chi connectivity index (χ1v) is 10.1. The zero-order valence-corrected chi connectivity index (χ0v) is 17.4. The second-order valence-electron chi connectivity index (χ2n) is 8.32. The Kier molecular flexibility index (Phi) is 4.74. The van der Waals surface area contributed by atoms with E-state index in [0.29, 0.717) is 29.8 Å². The van der Waals surface area contributed by atoms with E-state index in [1.54, 1.807) is 17.0 Å². The average Bonchev–Trinajstić information content (AvgIpc) is 2.59. The molecule has 28 heavy (non-hydrogen) atoms. The third-order valence-corrected chi connectivity index (χ3v) is 5.95. The van der Waals surface area contributed by atoms with E-state index in [9.17, 15) is 14.0 Å². The molecule has 3 nitrogen and oxygen atoms in total. The van der Waals surface area contributed by atoms with Crippen LogP contribution in [0.15, 0.2) is 64.3 Å². The quantitative estimate of drug-likeness (QED) is 0.594. The predicted octanol–water partition coefficient (Wildman–Crippen LogP) is 5.75. The summed E-state index contributed by atoms with van der Waals surface area (Å²) in [5, 5.41) is 0. The maximum Gasteiger partial charge on any atom is 0.232 e. The predicted molar refractivity (Wildman–Crippen MR) is 110 cm³/mol. The lowest BCUT2D eigenvalue weighted by atomic mass is 9.69. The molecule has 144 valence electrons. The molecule has 0 saturated carbocycles. The van der Waals surface area contributed by atoms with Gasteiger partial charge in [0.05, 0.1) is 5.69 Å². The average molecular weight is 442 g/mol. The van der Waals surface area contributed by atoms with Gasteiger partial charge in [0.2, 0.25) is 5.91 Å². The molecule has 2 aromatic rings. The van der Waals surface area contributed by atoms with Crippen molar-refractivity contribution >= 4 is 33.3 Å². The topological polar surface area (TPSA) is 37.4 Å². The second-order valence-corrected chi connectivity index (χ2v) is 9.24. The molecule has 0 spiro atoms. The molecule has 0 aromatic heterocycles. The highest BCUT2D eigenvalue weighted by Crippen LogP contribution is 2.48. The third kappa shape index (κ3) is 3.44. The fourth-order valence-corrected chi connectivity index (χ4v) is 4.76. The number of carbonyl (C=O) groups is 2. The largest absolute Gasteiger partial charge is 0.294 e. The molecule has 1 aliphatic carbocycles. The molecular formula is C23H21BrFNO2. The van der Waals surface area contributed by atoms with Crippen molar-refractivity contribution in [3.05, 3.63) is 75.7 Å². The van der Waals surface area contributed by atoms with Gasteiger partial charge in [-0.1, -0.05) is 48.0 Å². The molecule has 5 heteroatoms. The first-order valence-electron chi connectivity index (χ1n) is 9.35. The van der Waals surface area contributed by atoms with Gasteiger partial charge in [-0.2, -0.15) is 0 Å². The van der Waals surface area contributed by atoms with Crippen LogP contribution in [0.1, 0.15) is 44.6 Å². The van der Waals surface area contributed by atoms with Crippen molar-refractivity contribution in [3.63, 3.8) is 0 Å². The van der Waals surface area contributed by atoms with Crippen molar-refractivity contribution in [1.29, 1.82) is 0 Å². The number of hydrogen-bond donors (Lipinski definition) is 0. The minimum atomic E-state index is -0.400. The van der Waals surface area contributed by atoms with Gasteiger partial charge in [0.25, 0.3) is 0 Å². The molecule has 0 saturated heterocycles. The maximum absolute atomic E-state index is 13.9. The van der Waals surface area contributed by atoms with E-state index >= 15 is 0 Å². The summed E-state index contributed by atoms with van der Waals surface area (Å²) in [6, 6.07) is 13.8. The standard InChI is InChI=1S/C23H21BrFNO2/c1-23(2)12-19-22(20(27)13-23)18(14-5-3-6-15(24)9-14)11-21(28)26(19)17-8-4-7-16(25)10-17/h3-10,18H,11-13H2,1-2H3. The van der Waals surface area contributed by atoms with Gasteiger partial charge in [0.1, 0.15) is 5.82 Å². The number of ketones is 1. The van der Waals surface area contributed by atoms with Gasteiger partial charge in [0, 0.05) is 34.5 Å². The molecule has 1 unspecified atom stereocenters. The molecule has 1 amide bonds. The van der Waals surface area contributed by atoms with E-state index in [-0.39, 0.29) is 29.4 Å². The highest BCUT2D eigenvalue weighted by atomic mass is 79.9. The normalized spacial score (nSPS) is 21.7. The number of hydrogen-bond acceptors (Lipinski definition) is 2. The summed E-state index contributed by atoms with van der Waals surface area (Å²) in [7, 11) is 0. The van der Waals surface area contributed by atoms with Crippen molar-refractivity contribution in [1.82, 2.24) is 0 Å². The Morgan fingerprint density at radius 2 is 1.82 bits per heavy atom.